The fourth-order valence-electron chi connectivity index (χ4n) is 3.42. The van der Waals surface area contributed by atoms with Gasteiger partial charge in [0.1, 0.15) is 0 Å². The third-order valence-electron chi connectivity index (χ3n) is 5.00. The summed E-state index contributed by atoms with van der Waals surface area (Å²) in [4.78, 5) is 14.4. The van der Waals surface area contributed by atoms with E-state index in [4.69, 9.17) is 15.0 Å². The minimum atomic E-state index is 0.667. The predicted molar refractivity (Wildman–Crippen MR) is 134 cm³/mol. The Morgan fingerprint density at radius 1 is 0.387 bits per heavy atom. The Kier molecular flexibility index (Phi) is 5.54. The summed E-state index contributed by atoms with van der Waals surface area (Å²) in [5.41, 5.74) is 5.21. The van der Waals surface area contributed by atoms with Gasteiger partial charge in [0.05, 0.1) is 0 Å². The zero-order valence-electron chi connectivity index (χ0n) is 16.6. The third kappa shape index (κ3) is 4.39. The van der Waals surface area contributed by atoms with Crippen LogP contribution in [0.15, 0.2) is 109 Å². The highest BCUT2D eigenvalue weighted by Crippen LogP contribution is 2.28. The fraction of sp³-hybridized carbons (Fsp3) is 0. The van der Waals surface area contributed by atoms with Crippen molar-refractivity contribution in [1.29, 1.82) is 0 Å². The highest BCUT2D eigenvalue weighted by Gasteiger charge is 2.12. The van der Waals surface area contributed by atoms with Crippen LogP contribution >= 0.6 is 22.6 Å². The van der Waals surface area contributed by atoms with Crippen LogP contribution in [0, 0.1) is 3.57 Å². The van der Waals surface area contributed by atoms with Gasteiger partial charge in [0.25, 0.3) is 0 Å². The molecule has 4 aromatic carbocycles. The lowest BCUT2D eigenvalue weighted by molar-refractivity contribution is 1.07. The molecule has 4 heteroatoms. The molecule has 0 aliphatic carbocycles. The largest absolute Gasteiger partial charge is 0.208 e. The molecule has 0 amide bonds. The Bertz CT molecular complexity index is 1260. The third-order valence-corrected chi connectivity index (χ3v) is 5.72. The summed E-state index contributed by atoms with van der Waals surface area (Å²) in [6, 6.07) is 36.9. The molecule has 5 aromatic rings. The maximum absolute atomic E-state index is 4.82. The standard InChI is InChI=1S/C27H18IN3/c28-24-16-14-19(15-17-24)22-12-7-13-23(18-22)27-30-25(20-8-3-1-4-9-20)29-26(31-27)21-10-5-2-6-11-21/h1-18H. The Hall–Kier alpha value is -3.38. The Balaban J connectivity index is 1.65. The normalized spacial score (nSPS) is 10.7. The van der Waals surface area contributed by atoms with Crippen molar-refractivity contribution in [1.82, 2.24) is 15.0 Å². The molecular weight excluding hydrogens is 493 g/mol. The molecule has 0 saturated carbocycles. The molecule has 0 fully saturated rings. The number of benzene rings is 4. The van der Waals surface area contributed by atoms with Crippen LogP contribution in [-0.4, -0.2) is 15.0 Å². The van der Waals surface area contributed by atoms with Crippen LogP contribution in [0.3, 0.4) is 0 Å². The minimum Gasteiger partial charge on any atom is -0.208 e. The first-order chi connectivity index (χ1) is 15.3. The summed E-state index contributed by atoms with van der Waals surface area (Å²) in [6.45, 7) is 0. The van der Waals surface area contributed by atoms with Crippen LogP contribution in [0.25, 0.3) is 45.3 Å². The number of hydrogen-bond donors (Lipinski definition) is 0. The van der Waals surface area contributed by atoms with E-state index in [0.29, 0.717) is 17.5 Å². The highest BCUT2D eigenvalue weighted by atomic mass is 127. The number of halogens is 1. The lowest BCUT2D eigenvalue weighted by atomic mass is 10.0. The monoisotopic (exact) mass is 511 g/mol. The molecule has 31 heavy (non-hydrogen) atoms. The first-order valence-electron chi connectivity index (χ1n) is 9.99. The zero-order valence-corrected chi connectivity index (χ0v) is 18.8. The van der Waals surface area contributed by atoms with E-state index >= 15 is 0 Å². The molecule has 0 saturated heterocycles. The van der Waals surface area contributed by atoms with Crippen LogP contribution < -0.4 is 0 Å². The molecule has 3 nitrogen and oxygen atoms in total. The molecule has 5 rings (SSSR count). The molecule has 0 unspecified atom stereocenters. The first-order valence-corrected chi connectivity index (χ1v) is 11.1. The van der Waals surface area contributed by atoms with Gasteiger partial charge < -0.3 is 0 Å². The van der Waals surface area contributed by atoms with Crippen LogP contribution in [-0.2, 0) is 0 Å². The van der Waals surface area contributed by atoms with Gasteiger partial charge in [-0.05, 0) is 51.9 Å². The van der Waals surface area contributed by atoms with E-state index in [1.54, 1.807) is 0 Å². The van der Waals surface area contributed by atoms with Gasteiger partial charge >= 0.3 is 0 Å². The molecule has 0 N–H and O–H groups in total. The summed E-state index contributed by atoms with van der Waals surface area (Å²) in [5.74, 6) is 2.01. The van der Waals surface area contributed by atoms with E-state index in [9.17, 15) is 0 Å². The molecule has 0 aliphatic rings. The SMILES string of the molecule is Ic1ccc(-c2cccc(-c3nc(-c4ccccc4)nc(-c4ccccc4)n3)c2)cc1. The van der Waals surface area contributed by atoms with Gasteiger partial charge in [-0.25, -0.2) is 15.0 Å². The Morgan fingerprint density at radius 3 is 1.39 bits per heavy atom. The Morgan fingerprint density at radius 2 is 0.839 bits per heavy atom. The van der Waals surface area contributed by atoms with Gasteiger partial charge in [-0.2, -0.15) is 0 Å². The number of rotatable bonds is 4. The minimum absolute atomic E-state index is 0.667. The van der Waals surface area contributed by atoms with E-state index in [2.05, 4.69) is 71.1 Å². The van der Waals surface area contributed by atoms with E-state index in [1.165, 1.54) is 9.13 Å². The summed E-state index contributed by atoms with van der Waals surface area (Å²) >= 11 is 2.32. The summed E-state index contributed by atoms with van der Waals surface area (Å²) in [6.07, 6.45) is 0. The lowest BCUT2D eigenvalue weighted by Gasteiger charge is -2.09. The second-order valence-electron chi connectivity index (χ2n) is 7.13. The second kappa shape index (κ2) is 8.78. The van der Waals surface area contributed by atoms with Crippen molar-refractivity contribution in [3.05, 3.63) is 113 Å². The molecule has 0 spiro atoms. The average Bonchev–Trinajstić information content (AvgIpc) is 2.85. The average molecular weight is 511 g/mol. The van der Waals surface area contributed by atoms with Gasteiger partial charge in [0.2, 0.25) is 0 Å². The van der Waals surface area contributed by atoms with Gasteiger partial charge in [-0.1, -0.05) is 91.0 Å². The summed E-state index contributed by atoms with van der Waals surface area (Å²) in [7, 11) is 0. The summed E-state index contributed by atoms with van der Waals surface area (Å²) in [5, 5.41) is 0. The van der Waals surface area contributed by atoms with Crippen molar-refractivity contribution in [2.24, 2.45) is 0 Å². The fourth-order valence-corrected chi connectivity index (χ4v) is 3.78. The summed E-state index contributed by atoms with van der Waals surface area (Å²) < 4.78 is 1.22. The van der Waals surface area contributed by atoms with E-state index < -0.39 is 0 Å². The number of aromatic nitrogens is 3. The van der Waals surface area contributed by atoms with Gasteiger partial charge in [0.15, 0.2) is 17.5 Å². The van der Waals surface area contributed by atoms with Crippen LogP contribution in [0.4, 0.5) is 0 Å². The van der Waals surface area contributed by atoms with E-state index in [1.807, 2.05) is 60.7 Å². The van der Waals surface area contributed by atoms with E-state index in [-0.39, 0.29) is 0 Å². The second-order valence-corrected chi connectivity index (χ2v) is 8.37. The maximum Gasteiger partial charge on any atom is 0.164 e. The predicted octanol–water partition coefficient (Wildman–Crippen LogP) is 7.14. The maximum atomic E-state index is 4.82. The number of hydrogen-bond acceptors (Lipinski definition) is 3. The molecule has 1 aromatic heterocycles. The van der Waals surface area contributed by atoms with Crippen LogP contribution in [0.1, 0.15) is 0 Å². The van der Waals surface area contributed by atoms with Gasteiger partial charge in [-0.3, -0.25) is 0 Å². The quantitative estimate of drug-likeness (QED) is 0.241. The van der Waals surface area contributed by atoms with Gasteiger partial charge in [0, 0.05) is 20.3 Å². The highest BCUT2D eigenvalue weighted by molar-refractivity contribution is 14.1. The van der Waals surface area contributed by atoms with Crippen molar-refractivity contribution >= 4 is 22.6 Å². The van der Waals surface area contributed by atoms with E-state index in [0.717, 1.165) is 22.3 Å². The zero-order chi connectivity index (χ0) is 21.0. The Labute approximate surface area is 195 Å². The van der Waals surface area contributed by atoms with Crippen LogP contribution in [0.5, 0.6) is 0 Å². The van der Waals surface area contributed by atoms with Crippen molar-refractivity contribution in [2.75, 3.05) is 0 Å². The van der Waals surface area contributed by atoms with Crippen molar-refractivity contribution < 1.29 is 0 Å². The number of nitrogens with zero attached hydrogens (tertiary/aromatic N) is 3. The van der Waals surface area contributed by atoms with Crippen molar-refractivity contribution in [3.8, 4) is 45.3 Å². The van der Waals surface area contributed by atoms with Crippen LogP contribution in [0.2, 0.25) is 0 Å². The first kappa shape index (κ1) is 19.6. The molecule has 0 radical (unpaired) electrons. The van der Waals surface area contributed by atoms with Crippen molar-refractivity contribution in [3.63, 3.8) is 0 Å². The molecule has 148 valence electrons. The molecule has 1 heterocycles. The topological polar surface area (TPSA) is 38.7 Å². The molecular formula is C27H18IN3. The molecule has 0 bridgehead atoms. The smallest absolute Gasteiger partial charge is 0.164 e. The lowest BCUT2D eigenvalue weighted by Crippen LogP contribution is -2.00. The molecule has 0 aliphatic heterocycles. The van der Waals surface area contributed by atoms with Gasteiger partial charge in [-0.15, -0.1) is 0 Å². The molecule has 0 atom stereocenters. The van der Waals surface area contributed by atoms with Crippen molar-refractivity contribution in [2.45, 2.75) is 0 Å².